The summed E-state index contributed by atoms with van der Waals surface area (Å²) in [5.74, 6) is 3.63. The van der Waals surface area contributed by atoms with E-state index < -0.39 is 0 Å². The molecule has 1 fully saturated rings. The maximum Gasteiger partial charge on any atom is 0.0754 e. The molecule has 3 rings (SSSR count). The van der Waals surface area contributed by atoms with Crippen LogP contribution < -0.4 is 0 Å². The standard InChI is InChI=1S/C16H26O/c1-6-15(17)16-11(5)13-8-12(9(2)3)14(16)7-10(13)4/h6-7,9,11-17H,1,8H2,2-5H3/t11-,12+,13-,14+,15-,16+/m0/s1. The van der Waals surface area contributed by atoms with Gasteiger partial charge in [-0.3, -0.25) is 0 Å². The van der Waals surface area contributed by atoms with Crippen molar-refractivity contribution < 1.29 is 5.11 Å². The number of hydrogen-bond acceptors (Lipinski definition) is 1. The van der Waals surface area contributed by atoms with Gasteiger partial charge in [0.2, 0.25) is 0 Å². The average Bonchev–Trinajstić information content (AvgIpc) is 2.27. The van der Waals surface area contributed by atoms with Gasteiger partial charge in [0.15, 0.2) is 0 Å². The molecule has 0 spiro atoms. The zero-order valence-corrected chi connectivity index (χ0v) is 11.6. The predicted molar refractivity (Wildman–Crippen MR) is 72.5 cm³/mol. The summed E-state index contributed by atoms with van der Waals surface area (Å²) >= 11 is 0. The number of aliphatic hydroxyl groups excluding tert-OH is 1. The second-order valence-electron chi connectivity index (χ2n) is 6.40. The molecule has 1 nitrogen and oxygen atoms in total. The third kappa shape index (κ3) is 1.99. The molecular formula is C16H26O. The third-order valence-electron chi connectivity index (χ3n) is 5.24. The molecule has 96 valence electrons. The minimum atomic E-state index is -0.344. The Kier molecular flexibility index (Phi) is 3.49. The summed E-state index contributed by atoms with van der Waals surface area (Å²) in [6.07, 6.45) is 5.13. The van der Waals surface area contributed by atoms with Gasteiger partial charge >= 0.3 is 0 Å². The topological polar surface area (TPSA) is 20.2 Å². The SMILES string of the molecule is C=C[C@H](O)[C@@H]1[C@@H](C)[C@H]2C[C@H](C(C)C)[C@H]1C=C2C. The highest BCUT2D eigenvalue weighted by Crippen LogP contribution is 2.53. The molecule has 6 atom stereocenters. The average molecular weight is 234 g/mol. The molecular weight excluding hydrogens is 208 g/mol. The maximum atomic E-state index is 10.2. The second kappa shape index (κ2) is 4.61. The molecule has 0 radical (unpaired) electrons. The van der Waals surface area contributed by atoms with E-state index in [1.807, 2.05) is 0 Å². The highest BCUT2D eigenvalue weighted by atomic mass is 16.3. The van der Waals surface area contributed by atoms with Gasteiger partial charge in [0.1, 0.15) is 0 Å². The Bertz CT molecular complexity index is 328. The zero-order valence-electron chi connectivity index (χ0n) is 11.6. The Balaban J connectivity index is 2.33. The molecule has 3 aliphatic carbocycles. The summed E-state index contributed by atoms with van der Waals surface area (Å²) in [6, 6.07) is 0. The summed E-state index contributed by atoms with van der Waals surface area (Å²) in [6.45, 7) is 13.0. The van der Waals surface area contributed by atoms with E-state index in [-0.39, 0.29) is 6.10 Å². The Morgan fingerprint density at radius 2 is 2.12 bits per heavy atom. The monoisotopic (exact) mass is 234 g/mol. The molecule has 3 aliphatic rings. The number of hydrogen-bond donors (Lipinski definition) is 1. The Hall–Kier alpha value is -0.560. The first-order chi connectivity index (χ1) is 7.97. The highest BCUT2D eigenvalue weighted by molar-refractivity contribution is 5.21. The summed E-state index contributed by atoms with van der Waals surface area (Å²) in [5.41, 5.74) is 1.55. The lowest BCUT2D eigenvalue weighted by Crippen LogP contribution is -2.48. The molecule has 0 heterocycles. The molecule has 17 heavy (non-hydrogen) atoms. The van der Waals surface area contributed by atoms with E-state index in [4.69, 9.17) is 0 Å². The summed E-state index contributed by atoms with van der Waals surface area (Å²) < 4.78 is 0. The van der Waals surface area contributed by atoms with E-state index in [1.165, 1.54) is 6.42 Å². The lowest BCUT2D eigenvalue weighted by molar-refractivity contribution is -0.0170. The molecule has 1 N–H and O–H groups in total. The lowest BCUT2D eigenvalue weighted by Gasteiger charge is -2.52. The van der Waals surface area contributed by atoms with Crippen molar-refractivity contribution in [2.45, 2.75) is 40.2 Å². The quantitative estimate of drug-likeness (QED) is 0.739. The van der Waals surface area contributed by atoms with Crippen LogP contribution in [0.2, 0.25) is 0 Å². The van der Waals surface area contributed by atoms with Gasteiger partial charge in [-0.1, -0.05) is 38.5 Å². The highest BCUT2D eigenvalue weighted by Gasteiger charge is 2.48. The number of aliphatic hydroxyl groups is 1. The van der Waals surface area contributed by atoms with E-state index in [1.54, 1.807) is 11.6 Å². The third-order valence-corrected chi connectivity index (χ3v) is 5.24. The van der Waals surface area contributed by atoms with Crippen LogP contribution in [0.1, 0.15) is 34.1 Å². The molecule has 0 aromatic heterocycles. The number of allylic oxidation sites excluding steroid dienone is 2. The van der Waals surface area contributed by atoms with Crippen LogP contribution in [0.3, 0.4) is 0 Å². The predicted octanol–water partition coefficient (Wildman–Crippen LogP) is 3.65. The van der Waals surface area contributed by atoms with Gasteiger partial charge in [0.25, 0.3) is 0 Å². The smallest absolute Gasteiger partial charge is 0.0754 e. The fourth-order valence-corrected chi connectivity index (χ4v) is 4.24. The fourth-order valence-electron chi connectivity index (χ4n) is 4.24. The second-order valence-corrected chi connectivity index (χ2v) is 6.40. The van der Waals surface area contributed by atoms with Crippen LogP contribution in [0, 0.1) is 35.5 Å². The van der Waals surface area contributed by atoms with Crippen LogP contribution in [0.25, 0.3) is 0 Å². The molecule has 1 saturated carbocycles. The Morgan fingerprint density at radius 1 is 1.47 bits per heavy atom. The van der Waals surface area contributed by atoms with E-state index in [9.17, 15) is 5.11 Å². The van der Waals surface area contributed by atoms with Crippen molar-refractivity contribution in [2.75, 3.05) is 0 Å². The minimum Gasteiger partial charge on any atom is -0.389 e. The van der Waals surface area contributed by atoms with Crippen molar-refractivity contribution in [2.24, 2.45) is 35.5 Å². The van der Waals surface area contributed by atoms with Gasteiger partial charge in [-0.05, 0) is 48.9 Å². The molecule has 0 saturated heterocycles. The van der Waals surface area contributed by atoms with Gasteiger partial charge < -0.3 is 5.11 Å². The van der Waals surface area contributed by atoms with E-state index in [0.717, 1.165) is 5.92 Å². The number of fused-ring (bicyclic) bond motifs is 2. The van der Waals surface area contributed by atoms with E-state index in [0.29, 0.717) is 29.6 Å². The maximum absolute atomic E-state index is 10.2. The molecule has 0 aliphatic heterocycles. The van der Waals surface area contributed by atoms with Gasteiger partial charge in [0, 0.05) is 0 Å². The van der Waals surface area contributed by atoms with Gasteiger partial charge in [0.05, 0.1) is 6.10 Å². The first-order valence-electron chi connectivity index (χ1n) is 6.96. The van der Waals surface area contributed by atoms with Crippen LogP contribution >= 0.6 is 0 Å². The van der Waals surface area contributed by atoms with Crippen molar-refractivity contribution >= 4 is 0 Å². The Morgan fingerprint density at radius 3 is 2.65 bits per heavy atom. The van der Waals surface area contributed by atoms with E-state index >= 15 is 0 Å². The van der Waals surface area contributed by atoms with Crippen molar-refractivity contribution in [3.8, 4) is 0 Å². The minimum absolute atomic E-state index is 0.344. The summed E-state index contributed by atoms with van der Waals surface area (Å²) in [4.78, 5) is 0. The van der Waals surface area contributed by atoms with Gasteiger partial charge in [-0.2, -0.15) is 0 Å². The van der Waals surface area contributed by atoms with Crippen LogP contribution in [-0.2, 0) is 0 Å². The molecule has 0 aromatic rings. The van der Waals surface area contributed by atoms with Crippen LogP contribution in [0.4, 0.5) is 0 Å². The largest absolute Gasteiger partial charge is 0.389 e. The summed E-state index contributed by atoms with van der Waals surface area (Å²) in [5, 5.41) is 10.2. The molecule has 0 unspecified atom stereocenters. The Labute approximate surface area is 106 Å². The van der Waals surface area contributed by atoms with Crippen LogP contribution in [-0.4, -0.2) is 11.2 Å². The first kappa shape index (κ1) is 12.9. The van der Waals surface area contributed by atoms with Crippen molar-refractivity contribution in [1.82, 2.24) is 0 Å². The van der Waals surface area contributed by atoms with Gasteiger partial charge in [-0.15, -0.1) is 6.58 Å². The van der Waals surface area contributed by atoms with Crippen molar-refractivity contribution in [1.29, 1.82) is 0 Å². The van der Waals surface area contributed by atoms with E-state index in [2.05, 4.69) is 40.3 Å². The molecule has 2 bridgehead atoms. The lowest BCUT2D eigenvalue weighted by atomic mass is 9.53. The fraction of sp³-hybridized carbons (Fsp3) is 0.750. The van der Waals surface area contributed by atoms with Crippen LogP contribution in [0.15, 0.2) is 24.3 Å². The molecule has 1 heteroatoms. The zero-order chi connectivity index (χ0) is 12.7. The first-order valence-corrected chi connectivity index (χ1v) is 6.96. The molecule has 0 aromatic carbocycles. The van der Waals surface area contributed by atoms with Crippen molar-refractivity contribution in [3.63, 3.8) is 0 Å². The number of rotatable bonds is 3. The van der Waals surface area contributed by atoms with Crippen molar-refractivity contribution in [3.05, 3.63) is 24.3 Å². The summed E-state index contributed by atoms with van der Waals surface area (Å²) in [7, 11) is 0. The van der Waals surface area contributed by atoms with Crippen LogP contribution in [0.5, 0.6) is 0 Å². The van der Waals surface area contributed by atoms with Gasteiger partial charge in [-0.25, -0.2) is 0 Å². The normalized spacial score (nSPS) is 42.5. The molecule has 0 amide bonds.